The second kappa shape index (κ2) is 4.14. The Morgan fingerprint density at radius 3 is 2.71 bits per heavy atom. The van der Waals surface area contributed by atoms with Gasteiger partial charge in [-0.25, -0.2) is 0 Å². The monoisotopic (exact) mass is 201 g/mol. The first-order valence-electron chi connectivity index (χ1n) is 4.94. The highest BCUT2D eigenvalue weighted by Crippen LogP contribution is 2.23. The van der Waals surface area contributed by atoms with Crippen molar-refractivity contribution in [3.8, 4) is 0 Å². The van der Waals surface area contributed by atoms with Crippen LogP contribution in [0.3, 0.4) is 0 Å². The highest BCUT2D eigenvalue weighted by atomic mass is 16.4. The van der Waals surface area contributed by atoms with Crippen molar-refractivity contribution in [2.75, 3.05) is 13.1 Å². The summed E-state index contributed by atoms with van der Waals surface area (Å²) in [5.41, 5.74) is 4.94. The fraction of sp³-hybridized carbons (Fsp3) is 0.889. The van der Waals surface area contributed by atoms with Crippen molar-refractivity contribution in [3.05, 3.63) is 0 Å². The van der Waals surface area contributed by atoms with Crippen LogP contribution in [0.25, 0.3) is 0 Å². The van der Waals surface area contributed by atoms with Crippen LogP contribution in [0, 0.1) is 0 Å². The van der Waals surface area contributed by atoms with Crippen molar-refractivity contribution in [3.63, 3.8) is 0 Å². The summed E-state index contributed by atoms with van der Waals surface area (Å²) in [6.45, 7) is 5.17. The molecule has 1 fully saturated rings. The van der Waals surface area contributed by atoms with Gasteiger partial charge in [-0.05, 0) is 19.8 Å². The lowest BCUT2D eigenvalue weighted by Crippen LogP contribution is -2.44. The molecule has 14 heavy (non-hydrogen) atoms. The number of likely N-dealkylation sites (tertiary alicyclic amines) is 1. The summed E-state index contributed by atoms with van der Waals surface area (Å²) in [5, 5.41) is 21.4. The van der Waals surface area contributed by atoms with Gasteiger partial charge in [0.2, 0.25) is 0 Å². The molecular formula is C9H19N3O2. The Labute approximate surface area is 84.2 Å². The molecule has 0 saturated carbocycles. The van der Waals surface area contributed by atoms with Crippen molar-refractivity contribution < 1.29 is 10.3 Å². The molecule has 0 aromatic rings. The number of hydrogen-bond donors (Lipinski definition) is 3. The molecule has 1 saturated heterocycles. The van der Waals surface area contributed by atoms with Gasteiger partial charge < -0.3 is 16.0 Å². The standard InChI is InChI=1S/C9H19N3O2/c1-3-7(8(10)11-14)12-5-4-9(2,13)6-12/h7,13-14H,3-6H2,1-2H3,(H2,10,11). The van der Waals surface area contributed by atoms with E-state index in [0.717, 1.165) is 19.4 Å². The Morgan fingerprint density at radius 1 is 1.71 bits per heavy atom. The molecule has 1 aliphatic heterocycles. The Morgan fingerprint density at radius 2 is 2.36 bits per heavy atom. The van der Waals surface area contributed by atoms with Gasteiger partial charge in [-0.3, -0.25) is 4.90 Å². The third kappa shape index (κ3) is 2.36. The first-order valence-corrected chi connectivity index (χ1v) is 4.94. The third-order valence-corrected chi connectivity index (χ3v) is 2.77. The number of rotatable bonds is 3. The van der Waals surface area contributed by atoms with E-state index in [2.05, 4.69) is 10.1 Å². The number of oxime groups is 1. The quantitative estimate of drug-likeness (QED) is 0.259. The minimum atomic E-state index is -0.636. The number of aliphatic hydroxyl groups is 1. The molecule has 1 heterocycles. The molecule has 0 aliphatic carbocycles. The van der Waals surface area contributed by atoms with Crippen molar-refractivity contribution in [1.82, 2.24) is 4.90 Å². The third-order valence-electron chi connectivity index (χ3n) is 2.77. The Hall–Kier alpha value is -0.810. The van der Waals surface area contributed by atoms with Gasteiger partial charge >= 0.3 is 0 Å². The summed E-state index contributed by atoms with van der Waals surface area (Å²) >= 11 is 0. The van der Waals surface area contributed by atoms with Crippen LogP contribution >= 0.6 is 0 Å². The molecule has 82 valence electrons. The number of β-amino-alcohol motifs (C(OH)–C–C–N with tert-alkyl or cyclic N) is 1. The summed E-state index contributed by atoms with van der Waals surface area (Å²) in [4.78, 5) is 2.05. The van der Waals surface area contributed by atoms with Gasteiger partial charge in [-0.15, -0.1) is 0 Å². The average Bonchev–Trinajstić information content (AvgIpc) is 2.47. The van der Waals surface area contributed by atoms with E-state index in [1.165, 1.54) is 0 Å². The molecule has 0 bridgehead atoms. The molecule has 0 spiro atoms. The molecule has 0 aromatic carbocycles. The smallest absolute Gasteiger partial charge is 0.156 e. The Bertz CT molecular complexity index is 228. The van der Waals surface area contributed by atoms with Crippen molar-refractivity contribution in [2.24, 2.45) is 10.9 Å². The van der Waals surface area contributed by atoms with E-state index >= 15 is 0 Å². The number of hydrogen-bond acceptors (Lipinski definition) is 4. The first-order chi connectivity index (χ1) is 6.50. The zero-order valence-corrected chi connectivity index (χ0v) is 8.77. The number of amidine groups is 1. The van der Waals surface area contributed by atoms with Crippen LogP contribution in [0.5, 0.6) is 0 Å². The Balaban J connectivity index is 2.64. The van der Waals surface area contributed by atoms with Crippen LogP contribution in [-0.2, 0) is 0 Å². The van der Waals surface area contributed by atoms with E-state index in [4.69, 9.17) is 10.9 Å². The summed E-state index contributed by atoms with van der Waals surface area (Å²) in [7, 11) is 0. The summed E-state index contributed by atoms with van der Waals surface area (Å²) in [5.74, 6) is 0.227. The molecule has 1 aliphatic rings. The minimum Gasteiger partial charge on any atom is -0.409 e. The minimum absolute atomic E-state index is 0.0611. The predicted molar refractivity (Wildman–Crippen MR) is 54.3 cm³/mol. The van der Waals surface area contributed by atoms with E-state index in [1.54, 1.807) is 0 Å². The van der Waals surface area contributed by atoms with E-state index in [0.29, 0.717) is 6.54 Å². The molecule has 0 radical (unpaired) electrons. The fourth-order valence-corrected chi connectivity index (χ4v) is 1.97. The molecule has 2 atom stereocenters. The van der Waals surface area contributed by atoms with Crippen LogP contribution in [0.4, 0.5) is 0 Å². The zero-order chi connectivity index (χ0) is 10.8. The first kappa shape index (κ1) is 11.3. The van der Waals surface area contributed by atoms with Crippen LogP contribution in [0.15, 0.2) is 5.16 Å². The molecule has 1 rings (SSSR count). The number of nitrogens with zero attached hydrogens (tertiary/aromatic N) is 2. The maximum atomic E-state index is 9.78. The van der Waals surface area contributed by atoms with Gasteiger partial charge in [0.25, 0.3) is 0 Å². The van der Waals surface area contributed by atoms with Gasteiger partial charge in [0, 0.05) is 13.1 Å². The van der Waals surface area contributed by atoms with Gasteiger partial charge in [0.15, 0.2) is 5.84 Å². The number of nitrogens with two attached hydrogens (primary N) is 1. The van der Waals surface area contributed by atoms with E-state index in [1.807, 2.05) is 13.8 Å². The summed E-state index contributed by atoms with van der Waals surface area (Å²) in [6, 6.07) is -0.0611. The highest BCUT2D eigenvalue weighted by molar-refractivity contribution is 5.85. The summed E-state index contributed by atoms with van der Waals surface area (Å²) < 4.78 is 0. The largest absolute Gasteiger partial charge is 0.409 e. The lowest BCUT2D eigenvalue weighted by molar-refractivity contribution is 0.0658. The Kier molecular flexibility index (Phi) is 3.34. The highest BCUT2D eigenvalue weighted by Gasteiger charge is 2.35. The normalized spacial score (nSPS) is 32.1. The topological polar surface area (TPSA) is 82.1 Å². The molecule has 0 aromatic heterocycles. The molecule has 4 N–H and O–H groups in total. The zero-order valence-electron chi connectivity index (χ0n) is 8.77. The molecule has 5 heteroatoms. The van der Waals surface area contributed by atoms with Crippen molar-refractivity contribution in [1.29, 1.82) is 0 Å². The van der Waals surface area contributed by atoms with E-state index in [-0.39, 0.29) is 11.9 Å². The summed E-state index contributed by atoms with van der Waals surface area (Å²) in [6.07, 6.45) is 1.52. The van der Waals surface area contributed by atoms with Gasteiger partial charge in [-0.1, -0.05) is 12.1 Å². The SMILES string of the molecule is CCC(C(N)=NO)N1CCC(C)(O)C1. The van der Waals surface area contributed by atoms with Crippen LogP contribution < -0.4 is 5.73 Å². The predicted octanol–water partition coefficient (Wildman–Crippen LogP) is -0.0319. The van der Waals surface area contributed by atoms with Crippen LogP contribution in [-0.4, -0.2) is 45.8 Å². The average molecular weight is 201 g/mol. The molecular weight excluding hydrogens is 182 g/mol. The van der Waals surface area contributed by atoms with Crippen molar-refractivity contribution >= 4 is 5.84 Å². The lowest BCUT2D eigenvalue weighted by Gasteiger charge is -2.26. The van der Waals surface area contributed by atoms with E-state index < -0.39 is 5.60 Å². The maximum absolute atomic E-state index is 9.78. The van der Waals surface area contributed by atoms with E-state index in [9.17, 15) is 5.11 Å². The van der Waals surface area contributed by atoms with Gasteiger partial charge in [0.05, 0.1) is 11.6 Å². The van der Waals surface area contributed by atoms with Gasteiger partial charge in [-0.2, -0.15) is 0 Å². The van der Waals surface area contributed by atoms with Crippen LogP contribution in [0.1, 0.15) is 26.7 Å². The molecule has 2 unspecified atom stereocenters. The van der Waals surface area contributed by atoms with Crippen LogP contribution in [0.2, 0.25) is 0 Å². The molecule has 0 amide bonds. The fourth-order valence-electron chi connectivity index (χ4n) is 1.97. The second-order valence-corrected chi connectivity index (χ2v) is 4.17. The van der Waals surface area contributed by atoms with Crippen molar-refractivity contribution in [2.45, 2.75) is 38.3 Å². The molecule has 5 nitrogen and oxygen atoms in total. The second-order valence-electron chi connectivity index (χ2n) is 4.17. The lowest BCUT2D eigenvalue weighted by atomic mass is 10.1. The van der Waals surface area contributed by atoms with Gasteiger partial charge in [0.1, 0.15) is 0 Å². The maximum Gasteiger partial charge on any atom is 0.156 e.